The Hall–Kier alpha value is -0.410. The van der Waals surface area contributed by atoms with Crippen molar-refractivity contribution in [2.24, 2.45) is 34.5 Å². The fourth-order valence-corrected chi connectivity index (χ4v) is 7.73. The van der Waals surface area contributed by atoms with Crippen molar-refractivity contribution in [3.8, 4) is 0 Å². The van der Waals surface area contributed by atoms with Gasteiger partial charge < -0.3 is 9.47 Å². The molecule has 6 atom stereocenters. The van der Waals surface area contributed by atoms with E-state index in [0.717, 1.165) is 63.1 Å². The van der Waals surface area contributed by atoms with Crippen molar-refractivity contribution in [2.75, 3.05) is 13.2 Å². The van der Waals surface area contributed by atoms with Gasteiger partial charge in [-0.05, 0) is 67.6 Å². The SMILES string of the molecule is C[C@@]12CCC3(C[C@H]1CC[C@H]1[C@H]4CCC(=O)[C@]4(C)CC[C@@H]12)OCCO3. The van der Waals surface area contributed by atoms with Crippen LogP contribution in [0.25, 0.3) is 0 Å². The van der Waals surface area contributed by atoms with E-state index in [1.807, 2.05) is 0 Å². The summed E-state index contributed by atoms with van der Waals surface area (Å²) in [6.07, 6.45) is 10.5. The molecule has 1 heterocycles. The average Bonchev–Trinajstić information content (AvgIpc) is 3.14. The van der Waals surface area contributed by atoms with Crippen LogP contribution in [0.3, 0.4) is 0 Å². The predicted molar refractivity (Wildman–Crippen MR) is 91.4 cm³/mol. The van der Waals surface area contributed by atoms with Crippen LogP contribution in [0.15, 0.2) is 0 Å². The van der Waals surface area contributed by atoms with Crippen molar-refractivity contribution >= 4 is 5.78 Å². The molecule has 0 bridgehead atoms. The molecule has 0 aromatic carbocycles. The lowest BCUT2D eigenvalue weighted by Crippen LogP contribution is -2.56. The Balaban J connectivity index is 1.42. The van der Waals surface area contributed by atoms with Crippen LogP contribution in [0.1, 0.15) is 71.6 Å². The number of Topliss-reactive ketones (excluding diaryl/α,β-unsaturated/α-hetero) is 1. The molecule has 0 radical (unpaired) electrons. The maximum Gasteiger partial charge on any atom is 0.168 e. The highest BCUT2D eigenvalue weighted by molar-refractivity contribution is 5.87. The molecular weight excluding hydrogens is 300 g/mol. The molecule has 5 rings (SSSR count). The minimum absolute atomic E-state index is 0.0118. The standard InChI is InChI=1S/C21H32O3/c1-19-9-10-21(23-11-12-24-21)13-14(19)3-4-15-16-5-6-18(22)20(16,2)8-7-17(15)19/h14-17H,3-13H2,1-2H3/t14-,15+,16-,17+,19-,20-/m1/s1. The van der Waals surface area contributed by atoms with Crippen molar-refractivity contribution in [3.63, 3.8) is 0 Å². The molecule has 5 aliphatic rings. The van der Waals surface area contributed by atoms with E-state index in [0.29, 0.717) is 17.1 Å². The maximum atomic E-state index is 12.5. The molecule has 4 saturated carbocycles. The Morgan fingerprint density at radius 2 is 1.71 bits per heavy atom. The monoisotopic (exact) mass is 332 g/mol. The van der Waals surface area contributed by atoms with E-state index >= 15 is 0 Å². The third kappa shape index (κ3) is 1.95. The van der Waals surface area contributed by atoms with E-state index < -0.39 is 0 Å². The molecule has 0 aromatic rings. The Morgan fingerprint density at radius 3 is 2.50 bits per heavy atom. The fourth-order valence-electron chi connectivity index (χ4n) is 7.73. The van der Waals surface area contributed by atoms with E-state index in [1.54, 1.807) is 0 Å². The number of hydrogen-bond acceptors (Lipinski definition) is 3. The summed E-state index contributed by atoms with van der Waals surface area (Å²) in [4.78, 5) is 12.5. The lowest BCUT2D eigenvalue weighted by Gasteiger charge is -2.61. The highest BCUT2D eigenvalue weighted by Gasteiger charge is 2.62. The summed E-state index contributed by atoms with van der Waals surface area (Å²) in [7, 11) is 0. The van der Waals surface area contributed by atoms with E-state index in [4.69, 9.17) is 9.47 Å². The number of ether oxygens (including phenoxy) is 2. The van der Waals surface area contributed by atoms with E-state index in [9.17, 15) is 4.79 Å². The van der Waals surface area contributed by atoms with Gasteiger partial charge in [0.1, 0.15) is 5.78 Å². The molecule has 1 saturated heterocycles. The van der Waals surface area contributed by atoms with Crippen LogP contribution in [-0.4, -0.2) is 24.8 Å². The Bertz CT molecular complexity index is 551. The predicted octanol–water partition coefficient (Wildman–Crippen LogP) is 4.34. The molecule has 1 aliphatic heterocycles. The lowest BCUT2D eigenvalue weighted by molar-refractivity contribution is -0.228. The highest BCUT2D eigenvalue weighted by atomic mass is 16.7. The van der Waals surface area contributed by atoms with Crippen LogP contribution in [0.2, 0.25) is 0 Å². The van der Waals surface area contributed by atoms with Crippen LogP contribution < -0.4 is 0 Å². The number of ketones is 1. The zero-order chi connectivity index (χ0) is 16.6. The van der Waals surface area contributed by atoms with Gasteiger partial charge in [-0.1, -0.05) is 13.8 Å². The topological polar surface area (TPSA) is 35.5 Å². The van der Waals surface area contributed by atoms with Gasteiger partial charge in [-0.15, -0.1) is 0 Å². The third-order valence-electron chi connectivity index (χ3n) is 9.19. The van der Waals surface area contributed by atoms with Crippen molar-refractivity contribution in [1.82, 2.24) is 0 Å². The van der Waals surface area contributed by atoms with Gasteiger partial charge in [0.15, 0.2) is 5.79 Å². The number of carbonyl (C=O) groups excluding carboxylic acids is 1. The van der Waals surface area contributed by atoms with Gasteiger partial charge in [0, 0.05) is 24.7 Å². The van der Waals surface area contributed by atoms with Gasteiger partial charge in [0.05, 0.1) is 13.2 Å². The van der Waals surface area contributed by atoms with Crippen LogP contribution in [0.4, 0.5) is 0 Å². The van der Waals surface area contributed by atoms with Crippen molar-refractivity contribution in [1.29, 1.82) is 0 Å². The molecule has 0 unspecified atom stereocenters. The molecule has 1 spiro atoms. The molecule has 3 nitrogen and oxygen atoms in total. The zero-order valence-electron chi connectivity index (χ0n) is 15.3. The van der Waals surface area contributed by atoms with Crippen LogP contribution in [0.5, 0.6) is 0 Å². The van der Waals surface area contributed by atoms with E-state index in [2.05, 4.69) is 13.8 Å². The van der Waals surface area contributed by atoms with Crippen molar-refractivity contribution in [3.05, 3.63) is 0 Å². The minimum Gasteiger partial charge on any atom is -0.348 e. The smallest absolute Gasteiger partial charge is 0.168 e. The normalized spacial score (nSPS) is 52.8. The summed E-state index contributed by atoms with van der Waals surface area (Å²) in [6, 6.07) is 0. The van der Waals surface area contributed by atoms with Gasteiger partial charge in [-0.25, -0.2) is 0 Å². The first-order valence-corrected chi connectivity index (χ1v) is 10.3. The summed E-state index contributed by atoms with van der Waals surface area (Å²) < 4.78 is 12.1. The lowest BCUT2D eigenvalue weighted by atomic mass is 9.45. The minimum atomic E-state index is -0.247. The second-order valence-electron chi connectivity index (χ2n) is 9.89. The molecule has 0 aromatic heterocycles. The summed E-state index contributed by atoms with van der Waals surface area (Å²) in [5.41, 5.74) is 0.453. The molecule has 24 heavy (non-hydrogen) atoms. The summed E-state index contributed by atoms with van der Waals surface area (Å²) >= 11 is 0. The van der Waals surface area contributed by atoms with Crippen LogP contribution in [0, 0.1) is 34.5 Å². The molecule has 0 N–H and O–H groups in total. The first kappa shape index (κ1) is 15.8. The number of carbonyl (C=O) groups is 1. The number of rotatable bonds is 0. The molecule has 4 aliphatic carbocycles. The molecule has 134 valence electrons. The summed E-state index contributed by atoms with van der Waals surface area (Å²) in [5.74, 6) is 3.33. The van der Waals surface area contributed by atoms with Crippen molar-refractivity contribution in [2.45, 2.75) is 77.4 Å². The van der Waals surface area contributed by atoms with Gasteiger partial charge in [0.2, 0.25) is 0 Å². The van der Waals surface area contributed by atoms with E-state index in [-0.39, 0.29) is 11.2 Å². The average molecular weight is 332 g/mol. The molecule has 0 amide bonds. The van der Waals surface area contributed by atoms with Crippen LogP contribution >= 0.6 is 0 Å². The fraction of sp³-hybridized carbons (Fsp3) is 0.952. The zero-order valence-corrected chi connectivity index (χ0v) is 15.3. The van der Waals surface area contributed by atoms with Gasteiger partial charge in [-0.2, -0.15) is 0 Å². The highest BCUT2D eigenvalue weighted by Crippen LogP contribution is 2.66. The van der Waals surface area contributed by atoms with Crippen LogP contribution in [-0.2, 0) is 14.3 Å². The first-order valence-electron chi connectivity index (χ1n) is 10.3. The quantitative estimate of drug-likeness (QED) is 0.662. The summed E-state index contributed by atoms with van der Waals surface area (Å²) in [6.45, 7) is 6.40. The van der Waals surface area contributed by atoms with E-state index in [1.165, 1.54) is 25.7 Å². The Kier molecular flexibility index (Phi) is 3.34. The molecule has 3 heteroatoms. The van der Waals surface area contributed by atoms with Gasteiger partial charge in [-0.3, -0.25) is 4.79 Å². The Labute approximate surface area is 145 Å². The van der Waals surface area contributed by atoms with Gasteiger partial charge >= 0.3 is 0 Å². The molecular formula is C21H32O3. The second kappa shape index (κ2) is 5.07. The van der Waals surface area contributed by atoms with Crippen molar-refractivity contribution < 1.29 is 14.3 Å². The maximum absolute atomic E-state index is 12.5. The largest absolute Gasteiger partial charge is 0.348 e. The second-order valence-corrected chi connectivity index (χ2v) is 9.89. The Morgan fingerprint density at radius 1 is 0.917 bits per heavy atom. The number of fused-ring (bicyclic) bond motifs is 5. The first-order chi connectivity index (χ1) is 11.5. The van der Waals surface area contributed by atoms with Gasteiger partial charge in [0.25, 0.3) is 0 Å². The third-order valence-corrected chi connectivity index (χ3v) is 9.19. The summed E-state index contributed by atoms with van der Waals surface area (Å²) in [5, 5.41) is 0. The molecule has 5 fully saturated rings. The number of hydrogen-bond donors (Lipinski definition) is 0.